The molecule has 2 aromatic rings. The Balaban J connectivity index is 1.79. The first-order valence-corrected chi connectivity index (χ1v) is 9.95. The molecule has 0 fully saturated rings. The topological polar surface area (TPSA) is 97.3 Å². The second kappa shape index (κ2) is 7.69. The zero-order valence-electron chi connectivity index (χ0n) is 15.4. The molecule has 28 heavy (non-hydrogen) atoms. The van der Waals surface area contributed by atoms with Crippen molar-refractivity contribution in [2.24, 2.45) is 4.40 Å². The molecular weight excluding hydrogens is 406 g/mol. The van der Waals surface area contributed by atoms with Crippen molar-refractivity contribution in [1.29, 1.82) is 0 Å². The van der Waals surface area contributed by atoms with Gasteiger partial charge in [-0.15, -0.1) is 4.40 Å². The fraction of sp³-hybridized carbons (Fsp3) is 0.222. The van der Waals surface area contributed by atoms with Gasteiger partial charge in [-0.1, -0.05) is 23.7 Å². The number of amidine groups is 1. The summed E-state index contributed by atoms with van der Waals surface area (Å²) in [5.74, 6) is 0.608. The van der Waals surface area contributed by atoms with Crippen molar-refractivity contribution in [2.75, 3.05) is 33.1 Å². The van der Waals surface area contributed by atoms with E-state index in [1.807, 2.05) is 0 Å². The molecule has 1 aliphatic rings. The first kappa shape index (κ1) is 20.0. The maximum absolute atomic E-state index is 12.5. The van der Waals surface area contributed by atoms with Gasteiger partial charge in [0.1, 0.15) is 16.4 Å². The molecule has 2 aromatic carbocycles. The second-order valence-electron chi connectivity index (χ2n) is 5.98. The van der Waals surface area contributed by atoms with E-state index in [-0.39, 0.29) is 17.3 Å². The van der Waals surface area contributed by atoms with Crippen LogP contribution in [0.15, 0.2) is 45.7 Å². The summed E-state index contributed by atoms with van der Waals surface area (Å²) in [6, 6.07) is 9.56. The van der Waals surface area contributed by atoms with Crippen LogP contribution in [-0.2, 0) is 14.8 Å². The first-order valence-electron chi connectivity index (χ1n) is 8.13. The summed E-state index contributed by atoms with van der Waals surface area (Å²) in [4.78, 5) is 14.1. The first-order chi connectivity index (χ1) is 13.3. The standard InChI is InChI=1S/C18H18ClN3O5S/c1-22(18-11-6-4-5-7-16(11)28(24,25)21-18)10-17(23)20-13-8-12(19)14(26-2)9-15(13)27-3/h4-9H,10H2,1-3H3,(H,20,23). The highest BCUT2D eigenvalue weighted by molar-refractivity contribution is 7.90. The number of benzene rings is 2. The molecule has 1 amide bonds. The minimum Gasteiger partial charge on any atom is -0.495 e. The van der Waals surface area contributed by atoms with Crippen LogP contribution in [-0.4, -0.2) is 52.9 Å². The van der Waals surface area contributed by atoms with Gasteiger partial charge in [0.2, 0.25) is 5.91 Å². The van der Waals surface area contributed by atoms with Crippen LogP contribution in [0.3, 0.4) is 0 Å². The fourth-order valence-corrected chi connectivity index (χ4v) is 4.29. The lowest BCUT2D eigenvalue weighted by molar-refractivity contribution is -0.116. The van der Waals surface area contributed by atoms with Crippen molar-refractivity contribution in [3.05, 3.63) is 47.0 Å². The molecule has 0 spiro atoms. The number of nitrogens with zero attached hydrogens (tertiary/aromatic N) is 2. The molecule has 10 heteroatoms. The van der Waals surface area contributed by atoms with Gasteiger partial charge in [-0.2, -0.15) is 8.42 Å². The van der Waals surface area contributed by atoms with E-state index in [4.69, 9.17) is 21.1 Å². The lowest BCUT2D eigenvalue weighted by Gasteiger charge is -2.19. The number of halogens is 1. The molecular formula is C18H18ClN3O5S. The molecule has 0 unspecified atom stereocenters. The lowest BCUT2D eigenvalue weighted by atomic mass is 10.2. The van der Waals surface area contributed by atoms with Gasteiger partial charge in [0.25, 0.3) is 10.0 Å². The van der Waals surface area contributed by atoms with E-state index in [1.165, 1.54) is 31.3 Å². The number of hydrogen-bond donors (Lipinski definition) is 1. The number of amides is 1. The van der Waals surface area contributed by atoms with Gasteiger partial charge in [-0.3, -0.25) is 4.79 Å². The number of anilines is 1. The fourth-order valence-electron chi connectivity index (χ4n) is 2.80. The predicted molar refractivity (Wildman–Crippen MR) is 106 cm³/mol. The highest BCUT2D eigenvalue weighted by Crippen LogP contribution is 2.36. The Hall–Kier alpha value is -2.78. The van der Waals surface area contributed by atoms with Crippen molar-refractivity contribution in [3.8, 4) is 11.5 Å². The minimum atomic E-state index is -3.76. The Bertz CT molecular complexity index is 1070. The third kappa shape index (κ3) is 3.76. The summed E-state index contributed by atoms with van der Waals surface area (Å²) < 4.78 is 38.5. The van der Waals surface area contributed by atoms with E-state index >= 15 is 0 Å². The summed E-state index contributed by atoms with van der Waals surface area (Å²) in [5.41, 5.74) is 0.830. The molecule has 3 rings (SSSR count). The Morgan fingerprint density at radius 3 is 2.54 bits per heavy atom. The van der Waals surface area contributed by atoms with E-state index in [0.29, 0.717) is 27.8 Å². The Morgan fingerprint density at radius 1 is 1.18 bits per heavy atom. The second-order valence-corrected chi connectivity index (χ2v) is 7.96. The van der Waals surface area contributed by atoms with Crippen LogP contribution < -0.4 is 14.8 Å². The van der Waals surface area contributed by atoms with E-state index in [2.05, 4.69) is 9.71 Å². The monoisotopic (exact) mass is 423 g/mol. The summed E-state index contributed by atoms with van der Waals surface area (Å²) in [6.07, 6.45) is 0. The SMILES string of the molecule is COc1cc(OC)c(NC(=O)CN(C)C2=NS(=O)(=O)c3ccccc32)cc1Cl. The average molecular weight is 424 g/mol. The molecule has 0 bridgehead atoms. The van der Waals surface area contributed by atoms with E-state index in [0.717, 1.165) is 0 Å². The van der Waals surface area contributed by atoms with Gasteiger partial charge in [0, 0.05) is 18.7 Å². The van der Waals surface area contributed by atoms with Gasteiger partial charge in [-0.05, 0) is 18.2 Å². The van der Waals surface area contributed by atoms with Crippen molar-refractivity contribution >= 4 is 39.1 Å². The number of fused-ring (bicyclic) bond motifs is 1. The summed E-state index contributed by atoms with van der Waals surface area (Å²) in [7, 11) is 0.768. The van der Waals surface area contributed by atoms with Crippen molar-refractivity contribution < 1.29 is 22.7 Å². The van der Waals surface area contributed by atoms with Gasteiger partial charge >= 0.3 is 0 Å². The van der Waals surface area contributed by atoms with Gasteiger partial charge in [-0.25, -0.2) is 0 Å². The van der Waals surface area contributed by atoms with Crippen molar-refractivity contribution in [3.63, 3.8) is 0 Å². The molecule has 0 aliphatic carbocycles. The number of ether oxygens (including phenoxy) is 2. The number of carbonyl (C=O) groups excluding carboxylic acids is 1. The number of methoxy groups -OCH3 is 2. The molecule has 148 valence electrons. The number of sulfonamides is 1. The highest BCUT2D eigenvalue weighted by Gasteiger charge is 2.31. The Morgan fingerprint density at radius 2 is 1.86 bits per heavy atom. The Kier molecular flexibility index (Phi) is 5.48. The molecule has 0 saturated heterocycles. The van der Waals surface area contributed by atoms with E-state index < -0.39 is 15.9 Å². The van der Waals surface area contributed by atoms with Crippen molar-refractivity contribution in [2.45, 2.75) is 4.90 Å². The summed E-state index contributed by atoms with van der Waals surface area (Å²) >= 11 is 6.11. The highest BCUT2D eigenvalue weighted by atomic mass is 35.5. The van der Waals surface area contributed by atoms with Crippen molar-refractivity contribution in [1.82, 2.24) is 4.90 Å². The quantitative estimate of drug-likeness (QED) is 0.793. The van der Waals surface area contributed by atoms with Crippen LogP contribution in [0, 0.1) is 0 Å². The number of carbonyl (C=O) groups is 1. The third-order valence-electron chi connectivity index (χ3n) is 4.10. The maximum Gasteiger partial charge on any atom is 0.285 e. The molecule has 0 radical (unpaired) electrons. The zero-order valence-corrected chi connectivity index (χ0v) is 17.0. The number of hydrogen-bond acceptors (Lipinski definition) is 6. The lowest BCUT2D eigenvalue weighted by Crippen LogP contribution is -2.35. The minimum absolute atomic E-state index is 0.126. The average Bonchev–Trinajstić information content (AvgIpc) is 2.93. The smallest absolute Gasteiger partial charge is 0.285 e. The number of nitrogens with one attached hydrogen (secondary N) is 1. The normalized spacial score (nSPS) is 14.1. The van der Waals surface area contributed by atoms with Gasteiger partial charge in [0.05, 0.1) is 31.5 Å². The molecule has 1 aliphatic heterocycles. The van der Waals surface area contributed by atoms with Crippen LogP contribution in [0.4, 0.5) is 5.69 Å². The van der Waals surface area contributed by atoms with E-state index in [1.54, 1.807) is 31.3 Å². The summed E-state index contributed by atoms with van der Waals surface area (Å²) in [6.45, 7) is -0.129. The molecule has 0 atom stereocenters. The predicted octanol–water partition coefficient (Wildman–Crippen LogP) is 2.38. The molecule has 1 heterocycles. The zero-order chi connectivity index (χ0) is 20.5. The van der Waals surface area contributed by atoms with Crippen LogP contribution in [0.1, 0.15) is 5.56 Å². The molecule has 0 saturated carbocycles. The van der Waals surface area contributed by atoms with Crippen LogP contribution in [0.5, 0.6) is 11.5 Å². The number of likely N-dealkylation sites (N-methyl/N-ethyl adjacent to an activating group) is 1. The molecule has 1 N–H and O–H groups in total. The largest absolute Gasteiger partial charge is 0.495 e. The Labute approximate surface area is 167 Å². The number of rotatable bonds is 5. The molecule has 8 nitrogen and oxygen atoms in total. The van der Waals surface area contributed by atoms with Crippen LogP contribution in [0.2, 0.25) is 5.02 Å². The third-order valence-corrected chi connectivity index (χ3v) is 5.72. The van der Waals surface area contributed by atoms with Gasteiger partial charge in [0.15, 0.2) is 5.84 Å². The van der Waals surface area contributed by atoms with Crippen LogP contribution in [0.25, 0.3) is 0 Å². The van der Waals surface area contributed by atoms with Crippen LogP contribution >= 0.6 is 11.6 Å². The van der Waals surface area contributed by atoms with Gasteiger partial charge < -0.3 is 19.7 Å². The molecule has 0 aromatic heterocycles. The maximum atomic E-state index is 12.5. The summed E-state index contributed by atoms with van der Waals surface area (Å²) in [5, 5.41) is 3.01. The van der Waals surface area contributed by atoms with E-state index in [9.17, 15) is 13.2 Å².